The van der Waals surface area contributed by atoms with Crippen molar-refractivity contribution in [1.82, 2.24) is 15.8 Å². The Kier molecular flexibility index (Phi) is 4.49. The molecule has 4 N–H and O–H groups in total. The average molecular weight is 352 g/mol. The van der Waals surface area contributed by atoms with Gasteiger partial charge in [-0.2, -0.15) is 0 Å². The predicted molar refractivity (Wildman–Crippen MR) is 86.9 cm³/mol. The number of rotatable bonds is 4. The Morgan fingerprint density at radius 3 is 2.58 bits per heavy atom. The SMILES string of the molecule is CC1NN2C(=O)C(CCO)=C(C(=O)O)NC2C1c1ccc(Cl)cc1. The summed E-state index contributed by atoms with van der Waals surface area (Å²) in [5.41, 5.74) is 3.96. The molecule has 24 heavy (non-hydrogen) atoms. The second-order valence-electron chi connectivity index (χ2n) is 5.89. The number of fused-ring (bicyclic) bond motifs is 1. The van der Waals surface area contributed by atoms with Crippen molar-refractivity contribution in [3.8, 4) is 0 Å². The van der Waals surface area contributed by atoms with E-state index in [9.17, 15) is 14.7 Å². The molecule has 8 heteroatoms. The number of aliphatic hydroxyl groups excluding tert-OH is 1. The van der Waals surface area contributed by atoms with Gasteiger partial charge in [0.2, 0.25) is 0 Å². The molecule has 3 unspecified atom stereocenters. The van der Waals surface area contributed by atoms with E-state index in [2.05, 4.69) is 10.7 Å². The van der Waals surface area contributed by atoms with Crippen LogP contribution in [0.15, 0.2) is 35.5 Å². The lowest BCUT2D eigenvalue weighted by atomic mass is 9.90. The van der Waals surface area contributed by atoms with Crippen molar-refractivity contribution in [2.24, 2.45) is 0 Å². The number of carboxylic acid groups (broad SMARTS) is 1. The maximum Gasteiger partial charge on any atom is 0.352 e. The molecule has 1 amide bonds. The zero-order valence-electron chi connectivity index (χ0n) is 13.0. The van der Waals surface area contributed by atoms with Gasteiger partial charge in [0, 0.05) is 30.0 Å². The lowest BCUT2D eigenvalue weighted by Crippen LogP contribution is -2.56. The normalized spacial score (nSPS) is 26.4. The summed E-state index contributed by atoms with van der Waals surface area (Å²) in [5.74, 6) is -1.77. The van der Waals surface area contributed by atoms with Crippen LogP contribution < -0.4 is 10.7 Å². The Morgan fingerprint density at radius 2 is 2.00 bits per heavy atom. The zero-order valence-corrected chi connectivity index (χ0v) is 13.7. The number of hydrazine groups is 1. The molecule has 2 heterocycles. The van der Waals surface area contributed by atoms with Crippen LogP contribution in [-0.2, 0) is 9.59 Å². The fourth-order valence-electron chi connectivity index (χ4n) is 3.33. The number of halogens is 1. The first-order chi connectivity index (χ1) is 11.4. The Labute approximate surface area is 143 Å². The van der Waals surface area contributed by atoms with Gasteiger partial charge in [0.15, 0.2) is 0 Å². The standard InChI is InChI=1S/C16H18ClN3O4/c1-8-12(9-2-4-10(17)5-3-9)14-18-13(16(23)24)11(6-7-21)15(22)20(14)19-8/h2-5,8,12,14,18-19,21H,6-7H2,1H3,(H,23,24). The molecule has 0 bridgehead atoms. The van der Waals surface area contributed by atoms with E-state index in [1.54, 1.807) is 12.1 Å². The summed E-state index contributed by atoms with van der Waals surface area (Å²) in [6.07, 6.45) is -0.541. The van der Waals surface area contributed by atoms with E-state index in [4.69, 9.17) is 16.7 Å². The molecule has 3 rings (SSSR count). The highest BCUT2D eigenvalue weighted by atomic mass is 35.5. The number of aliphatic carboxylic acids is 1. The molecule has 3 atom stereocenters. The van der Waals surface area contributed by atoms with Crippen LogP contribution in [0.25, 0.3) is 0 Å². The first kappa shape index (κ1) is 16.8. The van der Waals surface area contributed by atoms with Gasteiger partial charge in [0.05, 0.1) is 5.57 Å². The summed E-state index contributed by atoms with van der Waals surface area (Å²) >= 11 is 5.93. The predicted octanol–water partition coefficient (Wildman–Crippen LogP) is 0.809. The summed E-state index contributed by atoms with van der Waals surface area (Å²) < 4.78 is 0. The highest BCUT2D eigenvalue weighted by Crippen LogP contribution is 2.35. The van der Waals surface area contributed by atoms with Crippen molar-refractivity contribution in [3.63, 3.8) is 0 Å². The average Bonchev–Trinajstić information content (AvgIpc) is 2.87. The van der Waals surface area contributed by atoms with Crippen LogP contribution >= 0.6 is 11.6 Å². The summed E-state index contributed by atoms with van der Waals surface area (Å²) in [6.45, 7) is 1.63. The molecular formula is C16H18ClN3O4. The molecule has 1 fully saturated rings. The molecule has 1 aromatic rings. The molecule has 2 aliphatic heterocycles. The number of nitrogens with zero attached hydrogens (tertiary/aromatic N) is 1. The van der Waals surface area contributed by atoms with Crippen LogP contribution in [0.5, 0.6) is 0 Å². The monoisotopic (exact) mass is 351 g/mol. The van der Waals surface area contributed by atoms with Crippen molar-refractivity contribution in [1.29, 1.82) is 0 Å². The van der Waals surface area contributed by atoms with Gasteiger partial charge in [-0.3, -0.25) is 9.80 Å². The minimum absolute atomic E-state index is 0.0155. The Hall–Kier alpha value is -2.09. The fourth-order valence-corrected chi connectivity index (χ4v) is 3.46. The van der Waals surface area contributed by atoms with Gasteiger partial charge in [0.25, 0.3) is 5.91 Å². The first-order valence-corrected chi connectivity index (χ1v) is 8.01. The molecule has 0 aliphatic carbocycles. The molecule has 0 aromatic heterocycles. The highest BCUT2D eigenvalue weighted by molar-refractivity contribution is 6.30. The third-order valence-electron chi connectivity index (χ3n) is 4.40. The van der Waals surface area contributed by atoms with E-state index in [0.29, 0.717) is 5.02 Å². The number of hydrogen-bond donors (Lipinski definition) is 4. The van der Waals surface area contributed by atoms with Gasteiger partial charge >= 0.3 is 5.97 Å². The molecule has 0 spiro atoms. The number of carbonyl (C=O) groups excluding carboxylic acids is 1. The zero-order chi connectivity index (χ0) is 17.4. The Bertz CT molecular complexity index is 704. The maximum atomic E-state index is 12.7. The summed E-state index contributed by atoms with van der Waals surface area (Å²) in [5, 5.41) is 23.5. The van der Waals surface area contributed by atoms with Crippen molar-refractivity contribution in [2.75, 3.05) is 6.61 Å². The first-order valence-electron chi connectivity index (χ1n) is 7.63. The van der Waals surface area contributed by atoms with Crippen LogP contribution in [0.2, 0.25) is 5.02 Å². The smallest absolute Gasteiger partial charge is 0.352 e. The van der Waals surface area contributed by atoms with Gasteiger partial charge in [0.1, 0.15) is 11.9 Å². The highest BCUT2D eigenvalue weighted by Gasteiger charge is 2.47. The van der Waals surface area contributed by atoms with Crippen LogP contribution in [0.4, 0.5) is 0 Å². The lowest BCUT2D eigenvalue weighted by Gasteiger charge is -2.34. The number of aliphatic hydroxyl groups is 1. The number of benzene rings is 1. The minimum Gasteiger partial charge on any atom is -0.477 e. The summed E-state index contributed by atoms with van der Waals surface area (Å²) in [4.78, 5) is 24.2. The second kappa shape index (κ2) is 6.43. The van der Waals surface area contributed by atoms with E-state index in [1.807, 2.05) is 19.1 Å². The van der Waals surface area contributed by atoms with Gasteiger partial charge in [-0.15, -0.1) is 0 Å². The number of carboxylic acids is 1. The second-order valence-corrected chi connectivity index (χ2v) is 6.33. The molecule has 0 saturated carbocycles. The van der Waals surface area contributed by atoms with Crippen molar-refractivity contribution < 1.29 is 19.8 Å². The quantitative estimate of drug-likeness (QED) is 0.640. The summed E-state index contributed by atoms with van der Waals surface area (Å²) in [6, 6.07) is 7.18. The van der Waals surface area contributed by atoms with Crippen molar-refractivity contribution >= 4 is 23.5 Å². The van der Waals surface area contributed by atoms with E-state index in [1.165, 1.54) is 5.01 Å². The number of amides is 1. The van der Waals surface area contributed by atoms with Crippen LogP contribution in [0.1, 0.15) is 24.8 Å². The van der Waals surface area contributed by atoms with Crippen LogP contribution in [0.3, 0.4) is 0 Å². The molecule has 128 valence electrons. The lowest BCUT2D eigenvalue weighted by molar-refractivity contribution is -0.138. The van der Waals surface area contributed by atoms with Gasteiger partial charge in [-0.25, -0.2) is 10.2 Å². The Morgan fingerprint density at radius 1 is 1.33 bits per heavy atom. The van der Waals surface area contributed by atoms with Gasteiger partial charge in [-0.1, -0.05) is 23.7 Å². The largest absolute Gasteiger partial charge is 0.477 e. The van der Waals surface area contributed by atoms with Crippen LogP contribution in [0, 0.1) is 0 Å². The molecule has 0 radical (unpaired) electrons. The minimum atomic E-state index is -1.21. The third kappa shape index (κ3) is 2.75. The van der Waals surface area contributed by atoms with E-state index in [-0.39, 0.29) is 36.3 Å². The van der Waals surface area contributed by atoms with Gasteiger partial charge < -0.3 is 15.5 Å². The molecule has 2 aliphatic rings. The third-order valence-corrected chi connectivity index (χ3v) is 4.65. The number of nitrogens with one attached hydrogen (secondary N) is 2. The number of hydrogen-bond acceptors (Lipinski definition) is 5. The molecule has 7 nitrogen and oxygen atoms in total. The summed E-state index contributed by atoms with van der Waals surface area (Å²) in [7, 11) is 0. The van der Waals surface area contributed by atoms with Gasteiger partial charge in [-0.05, 0) is 24.6 Å². The topological polar surface area (TPSA) is 102 Å². The molecular weight excluding hydrogens is 334 g/mol. The van der Waals surface area contributed by atoms with Crippen molar-refractivity contribution in [2.45, 2.75) is 31.5 Å². The molecule has 1 saturated heterocycles. The van der Waals surface area contributed by atoms with Crippen molar-refractivity contribution in [3.05, 3.63) is 46.1 Å². The van der Waals surface area contributed by atoms with E-state index in [0.717, 1.165) is 5.56 Å². The maximum absolute atomic E-state index is 12.7. The Balaban J connectivity index is 1.99. The van der Waals surface area contributed by atoms with Crippen LogP contribution in [-0.4, -0.2) is 45.9 Å². The van der Waals surface area contributed by atoms with E-state index >= 15 is 0 Å². The van der Waals surface area contributed by atoms with E-state index < -0.39 is 18.0 Å². The fraction of sp³-hybridized carbons (Fsp3) is 0.375. The number of carbonyl (C=O) groups is 2. The molecule has 1 aromatic carbocycles.